The number of carboxylic acid groups (broad SMARTS) is 1. The molecular formula is C10H13NO5S2. The Kier molecular flexibility index (Phi) is 3.71. The molecule has 1 aliphatic rings. The number of thiophene rings is 1. The van der Waals surface area contributed by atoms with E-state index in [1.807, 2.05) is 0 Å². The van der Waals surface area contributed by atoms with Crippen molar-refractivity contribution >= 4 is 27.3 Å². The second-order valence-electron chi connectivity index (χ2n) is 3.93. The molecule has 1 aliphatic heterocycles. The van der Waals surface area contributed by atoms with E-state index < -0.39 is 16.0 Å². The Morgan fingerprint density at radius 3 is 2.89 bits per heavy atom. The van der Waals surface area contributed by atoms with E-state index in [9.17, 15) is 13.2 Å². The minimum Gasteiger partial charge on any atom is -0.477 e. The van der Waals surface area contributed by atoms with Crippen LogP contribution in [0.25, 0.3) is 0 Å². The number of rotatable bonds is 4. The molecule has 0 saturated carbocycles. The molecule has 1 atom stereocenters. The molecule has 1 aromatic rings. The van der Waals surface area contributed by atoms with Crippen molar-refractivity contribution in [1.29, 1.82) is 0 Å². The minimum absolute atomic E-state index is 0.119. The fourth-order valence-corrected chi connectivity index (χ4v) is 4.62. The first-order valence-electron chi connectivity index (χ1n) is 5.30. The lowest BCUT2D eigenvalue weighted by Crippen LogP contribution is -2.30. The summed E-state index contributed by atoms with van der Waals surface area (Å²) in [6, 6.07) is 1.34. The molecule has 0 aromatic carbocycles. The third kappa shape index (κ3) is 2.28. The number of carbonyl (C=O) groups is 1. The van der Waals surface area contributed by atoms with Gasteiger partial charge in [-0.1, -0.05) is 0 Å². The van der Waals surface area contributed by atoms with Crippen molar-refractivity contribution in [3.05, 3.63) is 16.3 Å². The SMILES string of the molecule is COC1CCN(S(=O)(=O)c2ccsc2C(=O)O)C1. The number of hydrogen-bond donors (Lipinski definition) is 1. The zero-order valence-corrected chi connectivity index (χ0v) is 11.3. The molecule has 2 rings (SSSR count). The van der Waals surface area contributed by atoms with Crippen LogP contribution in [-0.4, -0.2) is 50.1 Å². The first-order valence-corrected chi connectivity index (χ1v) is 7.62. The summed E-state index contributed by atoms with van der Waals surface area (Å²) in [4.78, 5) is 10.7. The molecule has 8 heteroatoms. The van der Waals surface area contributed by atoms with Crippen molar-refractivity contribution in [3.63, 3.8) is 0 Å². The predicted octanol–water partition coefficient (Wildman–Crippen LogP) is 0.856. The lowest BCUT2D eigenvalue weighted by molar-refractivity contribution is 0.0698. The Balaban J connectivity index is 2.32. The van der Waals surface area contributed by atoms with E-state index in [1.54, 1.807) is 0 Å². The van der Waals surface area contributed by atoms with Gasteiger partial charge in [-0.2, -0.15) is 4.31 Å². The van der Waals surface area contributed by atoms with Crippen LogP contribution in [0.2, 0.25) is 0 Å². The van der Waals surface area contributed by atoms with Gasteiger partial charge in [-0.25, -0.2) is 13.2 Å². The summed E-state index contributed by atoms with van der Waals surface area (Å²) >= 11 is 0.913. The van der Waals surface area contributed by atoms with Crippen LogP contribution in [-0.2, 0) is 14.8 Å². The van der Waals surface area contributed by atoms with Gasteiger partial charge in [-0.3, -0.25) is 0 Å². The van der Waals surface area contributed by atoms with Gasteiger partial charge in [-0.05, 0) is 17.9 Å². The number of aromatic carboxylic acids is 1. The molecule has 6 nitrogen and oxygen atoms in total. The molecule has 0 bridgehead atoms. The fourth-order valence-electron chi connectivity index (χ4n) is 1.90. The Morgan fingerprint density at radius 2 is 2.33 bits per heavy atom. The van der Waals surface area contributed by atoms with Crippen LogP contribution in [0.4, 0.5) is 0 Å². The van der Waals surface area contributed by atoms with Crippen LogP contribution in [0.15, 0.2) is 16.3 Å². The molecule has 100 valence electrons. The fraction of sp³-hybridized carbons (Fsp3) is 0.500. The van der Waals surface area contributed by atoms with E-state index in [-0.39, 0.29) is 22.4 Å². The highest BCUT2D eigenvalue weighted by molar-refractivity contribution is 7.89. The maximum atomic E-state index is 12.3. The van der Waals surface area contributed by atoms with Gasteiger partial charge in [-0.15, -0.1) is 11.3 Å². The van der Waals surface area contributed by atoms with Crippen molar-refractivity contribution in [2.24, 2.45) is 0 Å². The lowest BCUT2D eigenvalue weighted by Gasteiger charge is -2.15. The molecule has 1 unspecified atom stereocenters. The zero-order valence-electron chi connectivity index (χ0n) is 9.70. The molecule has 2 heterocycles. The Labute approximate surface area is 109 Å². The molecule has 1 fully saturated rings. The topological polar surface area (TPSA) is 83.9 Å². The van der Waals surface area contributed by atoms with Crippen LogP contribution in [0.1, 0.15) is 16.1 Å². The lowest BCUT2D eigenvalue weighted by atomic mass is 10.3. The standard InChI is InChI=1S/C10H13NO5S2/c1-16-7-2-4-11(6-7)18(14,15)8-3-5-17-9(8)10(12)13/h3,5,7H,2,4,6H2,1H3,(H,12,13). The van der Waals surface area contributed by atoms with Gasteiger partial charge < -0.3 is 9.84 Å². The van der Waals surface area contributed by atoms with Crippen molar-refractivity contribution in [3.8, 4) is 0 Å². The molecule has 0 amide bonds. The predicted molar refractivity (Wildman–Crippen MR) is 65.5 cm³/mol. The third-order valence-corrected chi connectivity index (χ3v) is 5.82. The van der Waals surface area contributed by atoms with Gasteiger partial charge in [0, 0.05) is 20.2 Å². The van der Waals surface area contributed by atoms with Crippen molar-refractivity contribution in [1.82, 2.24) is 4.31 Å². The molecule has 1 N–H and O–H groups in total. The summed E-state index contributed by atoms with van der Waals surface area (Å²) < 4.78 is 31.0. The average molecular weight is 291 g/mol. The van der Waals surface area contributed by atoms with Gasteiger partial charge in [0.1, 0.15) is 9.77 Å². The number of carboxylic acids is 1. The summed E-state index contributed by atoms with van der Waals surface area (Å²) in [6.07, 6.45) is 0.508. The largest absolute Gasteiger partial charge is 0.477 e. The van der Waals surface area contributed by atoms with E-state index in [0.717, 1.165) is 11.3 Å². The Hall–Kier alpha value is -0.960. The summed E-state index contributed by atoms with van der Waals surface area (Å²) in [5, 5.41) is 10.4. The van der Waals surface area contributed by atoms with Crippen LogP contribution >= 0.6 is 11.3 Å². The Bertz CT molecular complexity index is 550. The molecule has 1 saturated heterocycles. The van der Waals surface area contributed by atoms with Gasteiger partial charge >= 0.3 is 5.97 Å². The molecule has 0 radical (unpaired) electrons. The number of methoxy groups -OCH3 is 1. The summed E-state index contributed by atoms with van der Waals surface area (Å²) in [5.74, 6) is -1.22. The average Bonchev–Trinajstić information content (AvgIpc) is 2.98. The van der Waals surface area contributed by atoms with E-state index in [0.29, 0.717) is 13.0 Å². The summed E-state index contributed by atoms with van der Waals surface area (Å²) in [7, 11) is -2.20. The first kappa shape index (κ1) is 13.5. The highest BCUT2D eigenvalue weighted by Crippen LogP contribution is 2.28. The van der Waals surface area contributed by atoms with Gasteiger partial charge in [0.15, 0.2) is 0 Å². The number of nitrogens with zero attached hydrogens (tertiary/aromatic N) is 1. The van der Waals surface area contributed by atoms with Crippen molar-refractivity contribution in [2.45, 2.75) is 17.4 Å². The Morgan fingerprint density at radius 1 is 1.61 bits per heavy atom. The van der Waals surface area contributed by atoms with Gasteiger partial charge in [0.05, 0.1) is 6.10 Å². The van der Waals surface area contributed by atoms with Gasteiger partial charge in [0.2, 0.25) is 10.0 Å². The second kappa shape index (κ2) is 4.96. The summed E-state index contributed by atoms with van der Waals surface area (Å²) in [6.45, 7) is 0.628. The third-order valence-electron chi connectivity index (χ3n) is 2.88. The normalized spacial score (nSPS) is 21.3. The van der Waals surface area contributed by atoms with Crippen LogP contribution < -0.4 is 0 Å². The number of ether oxygens (including phenoxy) is 1. The van der Waals surface area contributed by atoms with E-state index in [4.69, 9.17) is 9.84 Å². The molecule has 18 heavy (non-hydrogen) atoms. The maximum absolute atomic E-state index is 12.3. The first-order chi connectivity index (χ1) is 8.46. The number of sulfonamides is 1. The molecule has 0 aliphatic carbocycles. The smallest absolute Gasteiger partial charge is 0.347 e. The quantitative estimate of drug-likeness (QED) is 0.889. The molecular weight excluding hydrogens is 278 g/mol. The van der Waals surface area contributed by atoms with Crippen LogP contribution in [0.5, 0.6) is 0 Å². The van der Waals surface area contributed by atoms with Crippen molar-refractivity contribution < 1.29 is 23.1 Å². The number of hydrogen-bond acceptors (Lipinski definition) is 5. The molecule has 1 aromatic heterocycles. The van der Waals surface area contributed by atoms with Crippen molar-refractivity contribution in [2.75, 3.05) is 20.2 Å². The monoisotopic (exact) mass is 291 g/mol. The van der Waals surface area contributed by atoms with E-state index >= 15 is 0 Å². The maximum Gasteiger partial charge on any atom is 0.347 e. The van der Waals surface area contributed by atoms with Crippen LogP contribution in [0, 0.1) is 0 Å². The molecule has 0 spiro atoms. The van der Waals surface area contributed by atoms with E-state index in [2.05, 4.69) is 0 Å². The highest BCUT2D eigenvalue weighted by Gasteiger charge is 2.35. The summed E-state index contributed by atoms with van der Waals surface area (Å²) in [5.41, 5.74) is 0. The minimum atomic E-state index is -3.73. The zero-order chi connectivity index (χ0) is 13.3. The highest BCUT2D eigenvalue weighted by atomic mass is 32.2. The van der Waals surface area contributed by atoms with Crippen LogP contribution in [0.3, 0.4) is 0 Å². The van der Waals surface area contributed by atoms with E-state index in [1.165, 1.54) is 22.9 Å². The second-order valence-corrected chi connectivity index (χ2v) is 6.75. The van der Waals surface area contributed by atoms with Gasteiger partial charge in [0.25, 0.3) is 0 Å².